The standard InChI is InChI=1S/C11H20N4O/c1-5-7(2)8(3)13-11(16)10-9(12)6-15(4)14-10/h6-8H,5,12H2,1-4H3,(H,13,16). The summed E-state index contributed by atoms with van der Waals surface area (Å²) in [6.07, 6.45) is 2.65. The van der Waals surface area contributed by atoms with Crippen molar-refractivity contribution in [2.75, 3.05) is 5.73 Å². The number of hydrogen-bond donors (Lipinski definition) is 2. The van der Waals surface area contributed by atoms with Crippen LogP contribution in [0.5, 0.6) is 0 Å². The molecular weight excluding hydrogens is 204 g/mol. The lowest BCUT2D eigenvalue weighted by atomic mass is 10.0. The molecule has 0 spiro atoms. The fourth-order valence-electron chi connectivity index (χ4n) is 1.45. The molecule has 3 N–H and O–H groups in total. The first-order valence-electron chi connectivity index (χ1n) is 5.55. The van der Waals surface area contributed by atoms with Crippen molar-refractivity contribution in [3.63, 3.8) is 0 Å². The zero-order chi connectivity index (χ0) is 12.3. The molecule has 1 aromatic heterocycles. The van der Waals surface area contributed by atoms with Gasteiger partial charge in [0.2, 0.25) is 0 Å². The molecule has 0 saturated carbocycles. The highest BCUT2D eigenvalue weighted by molar-refractivity contribution is 5.97. The van der Waals surface area contributed by atoms with Gasteiger partial charge in [-0.15, -0.1) is 0 Å². The number of hydrogen-bond acceptors (Lipinski definition) is 3. The number of aromatic nitrogens is 2. The molecule has 0 aliphatic carbocycles. The highest BCUT2D eigenvalue weighted by Crippen LogP contribution is 2.11. The van der Waals surface area contributed by atoms with Crippen LogP contribution in [0.2, 0.25) is 0 Å². The molecule has 0 saturated heterocycles. The van der Waals surface area contributed by atoms with Gasteiger partial charge in [0, 0.05) is 19.3 Å². The van der Waals surface area contributed by atoms with Gasteiger partial charge in [-0.25, -0.2) is 0 Å². The minimum Gasteiger partial charge on any atom is -0.396 e. The van der Waals surface area contributed by atoms with Gasteiger partial charge >= 0.3 is 0 Å². The summed E-state index contributed by atoms with van der Waals surface area (Å²) in [5, 5.41) is 6.93. The van der Waals surface area contributed by atoms with Crippen LogP contribution in [0.25, 0.3) is 0 Å². The van der Waals surface area contributed by atoms with Crippen LogP contribution in [0, 0.1) is 5.92 Å². The van der Waals surface area contributed by atoms with Gasteiger partial charge in [-0.3, -0.25) is 9.48 Å². The van der Waals surface area contributed by atoms with Gasteiger partial charge in [0.1, 0.15) is 0 Å². The number of carbonyl (C=O) groups excluding carboxylic acids is 1. The topological polar surface area (TPSA) is 72.9 Å². The molecule has 0 aromatic carbocycles. The average Bonchev–Trinajstić information content (AvgIpc) is 2.56. The highest BCUT2D eigenvalue weighted by atomic mass is 16.2. The molecule has 0 aliphatic rings. The van der Waals surface area contributed by atoms with Gasteiger partial charge in [0.15, 0.2) is 5.69 Å². The molecule has 2 unspecified atom stereocenters. The largest absolute Gasteiger partial charge is 0.396 e. The van der Waals surface area contributed by atoms with Crippen LogP contribution in [-0.4, -0.2) is 21.7 Å². The van der Waals surface area contributed by atoms with E-state index in [-0.39, 0.29) is 11.9 Å². The normalized spacial score (nSPS) is 14.5. The van der Waals surface area contributed by atoms with E-state index < -0.39 is 0 Å². The highest BCUT2D eigenvalue weighted by Gasteiger charge is 2.18. The van der Waals surface area contributed by atoms with E-state index in [1.165, 1.54) is 4.68 Å². The van der Waals surface area contributed by atoms with Crippen molar-refractivity contribution in [3.8, 4) is 0 Å². The number of anilines is 1. The summed E-state index contributed by atoms with van der Waals surface area (Å²) in [5.74, 6) is 0.236. The molecule has 0 radical (unpaired) electrons. The Labute approximate surface area is 96.0 Å². The Bertz CT molecular complexity index is 372. The lowest BCUT2D eigenvalue weighted by Crippen LogP contribution is -2.37. The van der Waals surface area contributed by atoms with Crippen molar-refractivity contribution in [1.29, 1.82) is 0 Å². The Morgan fingerprint density at radius 2 is 2.25 bits per heavy atom. The smallest absolute Gasteiger partial charge is 0.274 e. The Balaban J connectivity index is 2.69. The van der Waals surface area contributed by atoms with Crippen LogP contribution in [-0.2, 0) is 7.05 Å². The second-order valence-corrected chi connectivity index (χ2v) is 4.25. The van der Waals surface area contributed by atoms with Gasteiger partial charge in [0.05, 0.1) is 5.69 Å². The summed E-state index contributed by atoms with van der Waals surface area (Å²) >= 11 is 0. The minimum absolute atomic E-state index is 0.124. The number of aryl methyl sites for hydroxylation is 1. The van der Waals surface area contributed by atoms with Crippen LogP contribution >= 0.6 is 0 Å². The molecule has 90 valence electrons. The molecule has 1 aromatic rings. The number of carbonyl (C=O) groups is 1. The molecule has 1 heterocycles. The average molecular weight is 224 g/mol. The van der Waals surface area contributed by atoms with E-state index in [0.717, 1.165) is 6.42 Å². The Kier molecular flexibility index (Phi) is 3.93. The quantitative estimate of drug-likeness (QED) is 0.806. The van der Waals surface area contributed by atoms with Crippen LogP contribution < -0.4 is 11.1 Å². The van der Waals surface area contributed by atoms with E-state index in [9.17, 15) is 4.79 Å². The fourth-order valence-corrected chi connectivity index (χ4v) is 1.45. The third-order valence-electron chi connectivity index (χ3n) is 2.93. The molecular formula is C11H20N4O. The Morgan fingerprint density at radius 1 is 1.62 bits per heavy atom. The third-order valence-corrected chi connectivity index (χ3v) is 2.93. The maximum Gasteiger partial charge on any atom is 0.274 e. The van der Waals surface area contributed by atoms with E-state index in [4.69, 9.17) is 5.73 Å². The molecule has 0 fully saturated rings. The third kappa shape index (κ3) is 2.74. The van der Waals surface area contributed by atoms with E-state index in [1.54, 1.807) is 13.2 Å². The minimum atomic E-state index is -0.203. The summed E-state index contributed by atoms with van der Waals surface area (Å²) in [6, 6.07) is 0.124. The van der Waals surface area contributed by atoms with Crippen LogP contribution in [0.3, 0.4) is 0 Å². The van der Waals surface area contributed by atoms with Crippen molar-refractivity contribution in [2.45, 2.75) is 33.2 Å². The molecule has 5 heteroatoms. The van der Waals surface area contributed by atoms with Crippen molar-refractivity contribution in [2.24, 2.45) is 13.0 Å². The van der Waals surface area contributed by atoms with Crippen molar-refractivity contribution < 1.29 is 4.79 Å². The number of nitrogen functional groups attached to an aromatic ring is 1. The zero-order valence-corrected chi connectivity index (χ0v) is 10.3. The van der Waals surface area contributed by atoms with E-state index >= 15 is 0 Å². The lowest BCUT2D eigenvalue weighted by molar-refractivity contribution is 0.0923. The second-order valence-electron chi connectivity index (χ2n) is 4.25. The molecule has 0 bridgehead atoms. The van der Waals surface area contributed by atoms with Crippen LogP contribution in [0.15, 0.2) is 6.20 Å². The van der Waals surface area contributed by atoms with E-state index in [0.29, 0.717) is 17.3 Å². The lowest BCUT2D eigenvalue weighted by Gasteiger charge is -2.19. The van der Waals surface area contributed by atoms with Gasteiger partial charge in [-0.2, -0.15) is 5.10 Å². The summed E-state index contributed by atoms with van der Waals surface area (Å²) in [7, 11) is 1.74. The van der Waals surface area contributed by atoms with Crippen LogP contribution in [0.1, 0.15) is 37.7 Å². The maximum atomic E-state index is 11.8. The predicted octanol–water partition coefficient (Wildman–Crippen LogP) is 1.17. The van der Waals surface area contributed by atoms with Crippen molar-refractivity contribution in [3.05, 3.63) is 11.9 Å². The molecule has 5 nitrogen and oxygen atoms in total. The SMILES string of the molecule is CCC(C)C(C)NC(=O)c1nn(C)cc1N. The van der Waals surface area contributed by atoms with E-state index in [1.807, 2.05) is 6.92 Å². The Morgan fingerprint density at radius 3 is 2.69 bits per heavy atom. The Hall–Kier alpha value is -1.52. The first-order chi connectivity index (χ1) is 7.45. The first-order valence-corrected chi connectivity index (χ1v) is 5.55. The molecule has 16 heavy (non-hydrogen) atoms. The summed E-state index contributed by atoms with van der Waals surface area (Å²) < 4.78 is 1.54. The number of amides is 1. The van der Waals surface area contributed by atoms with Crippen molar-refractivity contribution >= 4 is 11.6 Å². The van der Waals surface area contributed by atoms with Crippen molar-refractivity contribution in [1.82, 2.24) is 15.1 Å². The van der Waals surface area contributed by atoms with Crippen LogP contribution in [0.4, 0.5) is 5.69 Å². The molecule has 0 aliphatic heterocycles. The maximum absolute atomic E-state index is 11.8. The van der Waals surface area contributed by atoms with Gasteiger partial charge in [-0.1, -0.05) is 20.3 Å². The van der Waals surface area contributed by atoms with Gasteiger partial charge < -0.3 is 11.1 Å². The summed E-state index contributed by atoms with van der Waals surface area (Å²) in [5.41, 5.74) is 6.40. The number of nitrogens with zero attached hydrogens (tertiary/aromatic N) is 2. The zero-order valence-electron chi connectivity index (χ0n) is 10.3. The second kappa shape index (κ2) is 5.01. The molecule has 1 amide bonds. The first kappa shape index (κ1) is 12.5. The molecule has 2 atom stereocenters. The van der Waals surface area contributed by atoms with E-state index in [2.05, 4.69) is 24.3 Å². The molecule has 1 rings (SSSR count). The van der Waals surface area contributed by atoms with Gasteiger partial charge in [0.25, 0.3) is 5.91 Å². The summed E-state index contributed by atoms with van der Waals surface area (Å²) in [6.45, 7) is 6.19. The number of nitrogens with two attached hydrogens (primary N) is 1. The number of nitrogens with one attached hydrogen (secondary N) is 1. The monoisotopic (exact) mass is 224 g/mol. The summed E-state index contributed by atoms with van der Waals surface area (Å²) in [4.78, 5) is 11.8. The number of rotatable bonds is 4. The predicted molar refractivity (Wildman–Crippen MR) is 64.0 cm³/mol. The fraction of sp³-hybridized carbons (Fsp3) is 0.636. The van der Waals surface area contributed by atoms with Gasteiger partial charge in [-0.05, 0) is 12.8 Å².